The summed E-state index contributed by atoms with van der Waals surface area (Å²) in [7, 11) is 2.38. The number of ether oxygens (including phenoxy) is 2. The Hall–Kier alpha value is -3.29. The molecule has 1 heterocycles. The van der Waals surface area contributed by atoms with Gasteiger partial charge in [0.15, 0.2) is 0 Å². The molecular formula is C26H26Cl2N2O5. The second-order valence-corrected chi connectivity index (χ2v) is 9.78. The van der Waals surface area contributed by atoms with E-state index in [1.807, 2.05) is 0 Å². The normalized spacial score (nSPS) is 17.9. The van der Waals surface area contributed by atoms with Gasteiger partial charge in [-0.1, -0.05) is 56.1 Å². The highest BCUT2D eigenvalue weighted by Gasteiger charge is 2.46. The Morgan fingerprint density at radius 1 is 0.914 bits per heavy atom. The number of nitrogens with zero attached hydrogens (tertiary/aromatic N) is 1. The molecule has 1 aliphatic heterocycles. The van der Waals surface area contributed by atoms with Gasteiger partial charge in [-0.3, -0.25) is 10.3 Å². The Labute approximate surface area is 214 Å². The summed E-state index contributed by atoms with van der Waals surface area (Å²) >= 11 is 12.2. The van der Waals surface area contributed by atoms with Crippen molar-refractivity contribution < 1.29 is 24.2 Å². The maximum absolute atomic E-state index is 13.3. The molecule has 1 unspecified atom stereocenters. The number of aliphatic hydroxyl groups excluding tert-OH is 1. The van der Waals surface area contributed by atoms with Crippen LogP contribution in [0.2, 0.25) is 10.0 Å². The number of hydrogen-bond acceptors (Lipinski definition) is 6. The predicted molar refractivity (Wildman–Crippen MR) is 136 cm³/mol. The molecule has 7 nitrogen and oxygen atoms in total. The molecule has 0 saturated carbocycles. The van der Waals surface area contributed by atoms with Crippen molar-refractivity contribution in [2.24, 2.45) is 5.41 Å². The summed E-state index contributed by atoms with van der Waals surface area (Å²) in [6.45, 7) is 5.35. The number of hydrogen-bond donors (Lipinski definition) is 2. The fraction of sp³-hybridized carbons (Fsp3) is 0.269. The third-order valence-electron chi connectivity index (χ3n) is 5.57. The average molecular weight is 517 g/mol. The molecule has 1 atom stereocenters. The highest BCUT2D eigenvalue weighted by Crippen LogP contribution is 2.46. The lowest BCUT2D eigenvalue weighted by Gasteiger charge is -2.39. The summed E-state index contributed by atoms with van der Waals surface area (Å²) < 4.78 is 10.1. The lowest BCUT2D eigenvalue weighted by atomic mass is 9.75. The number of aliphatic hydroxyl groups is 1. The molecule has 9 heteroatoms. The maximum Gasteiger partial charge on any atom is 0.355 e. The van der Waals surface area contributed by atoms with Gasteiger partial charge in [0.1, 0.15) is 17.3 Å². The van der Waals surface area contributed by atoms with E-state index in [2.05, 4.69) is 0 Å². The Morgan fingerprint density at radius 2 is 1.40 bits per heavy atom. The van der Waals surface area contributed by atoms with Gasteiger partial charge in [-0.25, -0.2) is 9.59 Å². The number of amidine groups is 1. The summed E-state index contributed by atoms with van der Waals surface area (Å²) in [5, 5.41) is 21.5. The second-order valence-electron chi connectivity index (χ2n) is 8.90. The van der Waals surface area contributed by atoms with Gasteiger partial charge < -0.3 is 14.6 Å². The molecule has 3 rings (SSSR count). The molecule has 0 amide bonds. The zero-order chi connectivity index (χ0) is 26.1. The topological polar surface area (TPSA) is 99.9 Å². The van der Waals surface area contributed by atoms with Gasteiger partial charge in [-0.05, 0) is 42.0 Å². The third-order valence-corrected chi connectivity index (χ3v) is 6.08. The molecule has 2 aromatic rings. The van der Waals surface area contributed by atoms with Gasteiger partial charge in [0, 0.05) is 26.7 Å². The van der Waals surface area contributed by atoms with E-state index in [0.717, 1.165) is 0 Å². The smallest absolute Gasteiger partial charge is 0.355 e. The minimum absolute atomic E-state index is 0.0848. The molecule has 0 fully saturated rings. The van der Waals surface area contributed by atoms with Crippen LogP contribution in [0, 0.1) is 10.8 Å². The molecule has 0 bridgehead atoms. The molecule has 0 radical (unpaired) electrons. The third kappa shape index (κ3) is 5.06. The van der Waals surface area contributed by atoms with E-state index in [1.165, 1.54) is 19.1 Å². The van der Waals surface area contributed by atoms with Crippen molar-refractivity contribution in [3.05, 3.63) is 86.7 Å². The van der Waals surface area contributed by atoms with Crippen molar-refractivity contribution in [1.82, 2.24) is 0 Å². The lowest BCUT2D eigenvalue weighted by molar-refractivity contribution is -0.139. The number of nitrogens with one attached hydrogen (secondary N) is 1. The number of methoxy groups -OCH3 is 2. The van der Waals surface area contributed by atoms with Crippen LogP contribution in [0.3, 0.4) is 0 Å². The number of anilines is 1. The minimum atomic E-state index is -1.01. The zero-order valence-corrected chi connectivity index (χ0v) is 21.5. The van der Waals surface area contributed by atoms with Gasteiger partial charge in [0.2, 0.25) is 0 Å². The molecule has 0 saturated heterocycles. The average Bonchev–Trinajstić information content (AvgIpc) is 2.82. The lowest BCUT2D eigenvalue weighted by Crippen LogP contribution is -2.45. The Kier molecular flexibility index (Phi) is 7.62. The van der Waals surface area contributed by atoms with Crippen LogP contribution in [0.15, 0.2) is 71.1 Å². The SMILES string of the molecule is COC(=O)C1=C(C(=O)OC)N(c2ccc(Cl)cc2)C(=N)/C(=C(\O)C(C)(C)C)C1c1ccc(Cl)cc1. The van der Waals surface area contributed by atoms with Crippen molar-refractivity contribution in [3.8, 4) is 0 Å². The largest absolute Gasteiger partial charge is 0.511 e. The fourth-order valence-electron chi connectivity index (χ4n) is 3.88. The number of benzene rings is 2. The monoisotopic (exact) mass is 516 g/mol. The van der Waals surface area contributed by atoms with E-state index in [1.54, 1.807) is 69.3 Å². The number of carbonyl (C=O) groups excluding carboxylic acids is 2. The van der Waals surface area contributed by atoms with E-state index in [-0.39, 0.29) is 28.4 Å². The van der Waals surface area contributed by atoms with E-state index < -0.39 is 23.3 Å². The second kappa shape index (κ2) is 10.1. The number of esters is 2. The van der Waals surface area contributed by atoms with Crippen molar-refractivity contribution >= 4 is 46.7 Å². The van der Waals surface area contributed by atoms with E-state index >= 15 is 0 Å². The van der Waals surface area contributed by atoms with E-state index in [9.17, 15) is 14.7 Å². The summed E-state index contributed by atoms with van der Waals surface area (Å²) in [5.74, 6) is -2.99. The summed E-state index contributed by atoms with van der Waals surface area (Å²) in [4.78, 5) is 27.7. The molecule has 35 heavy (non-hydrogen) atoms. The Bertz CT molecular complexity index is 1230. The summed E-state index contributed by atoms with van der Waals surface area (Å²) in [6.07, 6.45) is 0. The molecule has 0 aliphatic carbocycles. The Balaban J connectivity index is 2.53. The van der Waals surface area contributed by atoms with Crippen LogP contribution in [0.1, 0.15) is 32.3 Å². The maximum atomic E-state index is 13.3. The number of rotatable bonds is 4. The standard InChI is InChI=1S/C26H26Cl2N2O5/c1-26(2,3)22(31)20-18(14-6-8-15(27)9-7-14)19(24(32)34-4)21(25(33)35-5)30(23(20)29)17-12-10-16(28)11-13-17/h6-13,18,29,31H,1-5H3/b22-20-,29-23?. The van der Waals surface area contributed by atoms with Crippen molar-refractivity contribution in [2.75, 3.05) is 19.1 Å². The first kappa shape index (κ1) is 26.3. The number of allylic oxidation sites excluding steroid dienone is 1. The highest BCUT2D eigenvalue weighted by molar-refractivity contribution is 6.31. The summed E-state index contributed by atoms with van der Waals surface area (Å²) in [5.41, 5.74) is -0.0297. The van der Waals surface area contributed by atoms with Gasteiger partial charge in [-0.15, -0.1) is 0 Å². The fourth-order valence-corrected chi connectivity index (χ4v) is 4.13. The van der Waals surface area contributed by atoms with Crippen molar-refractivity contribution in [2.45, 2.75) is 26.7 Å². The van der Waals surface area contributed by atoms with E-state index in [4.69, 9.17) is 38.1 Å². The molecule has 0 aromatic heterocycles. The van der Waals surface area contributed by atoms with Crippen molar-refractivity contribution in [1.29, 1.82) is 5.41 Å². The van der Waals surface area contributed by atoms with Crippen LogP contribution >= 0.6 is 23.2 Å². The highest BCUT2D eigenvalue weighted by atomic mass is 35.5. The van der Waals surface area contributed by atoms with Crippen LogP contribution in [0.4, 0.5) is 5.69 Å². The van der Waals surface area contributed by atoms with Gasteiger partial charge >= 0.3 is 11.9 Å². The minimum Gasteiger partial charge on any atom is -0.511 e. The first-order chi connectivity index (χ1) is 16.4. The Morgan fingerprint density at radius 3 is 1.86 bits per heavy atom. The van der Waals surface area contributed by atoms with Crippen molar-refractivity contribution in [3.63, 3.8) is 0 Å². The molecule has 184 valence electrons. The molecule has 2 N–H and O–H groups in total. The van der Waals surface area contributed by atoms with Gasteiger partial charge in [0.25, 0.3) is 0 Å². The van der Waals surface area contributed by atoms with Gasteiger partial charge in [-0.2, -0.15) is 0 Å². The van der Waals surface area contributed by atoms with Crippen LogP contribution in [-0.4, -0.2) is 37.1 Å². The molecular weight excluding hydrogens is 491 g/mol. The quantitative estimate of drug-likeness (QED) is 0.379. The first-order valence-corrected chi connectivity index (χ1v) is 11.4. The van der Waals surface area contributed by atoms with Crippen LogP contribution in [-0.2, 0) is 19.1 Å². The van der Waals surface area contributed by atoms with Crippen LogP contribution in [0.5, 0.6) is 0 Å². The molecule has 0 spiro atoms. The first-order valence-electron chi connectivity index (χ1n) is 10.7. The molecule has 1 aliphatic rings. The zero-order valence-electron chi connectivity index (χ0n) is 20.0. The molecule has 2 aromatic carbocycles. The number of halogens is 2. The van der Waals surface area contributed by atoms with Crippen LogP contribution in [0.25, 0.3) is 0 Å². The predicted octanol–water partition coefficient (Wildman–Crippen LogP) is 6.03. The van der Waals surface area contributed by atoms with Crippen LogP contribution < -0.4 is 4.90 Å². The van der Waals surface area contributed by atoms with E-state index in [0.29, 0.717) is 21.3 Å². The summed E-state index contributed by atoms with van der Waals surface area (Å²) in [6, 6.07) is 13.0. The number of carbonyl (C=O) groups is 2. The van der Waals surface area contributed by atoms with Gasteiger partial charge in [0.05, 0.1) is 25.7 Å².